The van der Waals surface area contributed by atoms with Crippen LogP contribution in [-0.4, -0.2) is 23.5 Å². The van der Waals surface area contributed by atoms with Crippen molar-refractivity contribution >= 4 is 5.97 Å². The van der Waals surface area contributed by atoms with Crippen LogP contribution >= 0.6 is 0 Å². The number of likely N-dealkylation sites (tertiary alicyclic amines) is 1. The molecule has 0 saturated carbocycles. The number of carboxylic acids is 1. The van der Waals surface area contributed by atoms with E-state index in [0.717, 1.165) is 24.9 Å². The predicted octanol–water partition coefficient (Wildman–Crippen LogP) is 3.07. The first kappa shape index (κ1) is 20.8. The Labute approximate surface area is 158 Å². The summed E-state index contributed by atoms with van der Waals surface area (Å²) >= 11 is 0. The standard InChI is InChI=1S/C12H15NO2.C8H12.Rh/c14-12(15)11-7-4-8-13(11)9-10-5-2-1-3-6-10;1-2-4-6-8-7-5-3-1;/h1-3,5-6,11H,4,7-9H2,(H,14,15);1-2,7-8H,3-6H2;/q;;+2/p-1/b;2-1-,8-7-;/t11-;;/m0../s1. The fourth-order valence-electron chi connectivity index (χ4n) is 2.96. The van der Waals surface area contributed by atoms with Gasteiger partial charge < -0.3 is 9.90 Å². The van der Waals surface area contributed by atoms with Crippen molar-refractivity contribution in [3.05, 3.63) is 60.2 Å². The van der Waals surface area contributed by atoms with Crippen LogP contribution in [0.3, 0.4) is 0 Å². The second-order valence-electron chi connectivity index (χ2n) is 6.03. The summed E-state index contributed by atoms with van der Waals surface area (Å²) in [6, 6.07) is 9.54. The number of carbonyl (C=O) groups excluding carboxylic acids is 1. The van der Waals surface area contributed by atoms with Crippen LogP contribution in [0.1, 0.15) is 44.1 Å². The van der Waals surface area contributed by atoms with Crippen LogP contribution in [0.25, 0.3) is 0 Å². The maximum atomic E-state index is 10.8. The number of rotatable bonds is 3. The predicted molar refractivity (Wildman–Crippen MR) is 91.6 cm³/mol. The Kier molecular flexibility index (Phi) is 10.5. The molecular weight excluding hydrogens is 389 g/mol. The van der Waals surface area contributed by atoms with Crippen molar-refractivity contribution in [1.82, 2.24) is 4.90 Å². The van der Waals surface area contributed by atoms with Crippen LogP contribution in [-0.2, 0) is 30.8 Å². The molecule has 3 rings (SSSR count). The van der Waals surface area contributed by atoms with Crippen molar-refractivity contribution in [2.75, 3.05) is 6.54 Å². The normalized spacial score (nSPS) is 22.9. The van der Waals surface area contributed by atoms with E-state index >= 15 is 0 Å². The Balaban J connectivity index is 0.000000273. The van der Waals surface area contributed by atoms with Gasteiger partial charge in [0.15, 0.2) is 0 Å². The minimum Gasteiger partial charge on any atom is -0.548 e. The van der Waals surface area contributed by atoms with Gasteiger partial charge in [-0.1, -0.05) is 54.6 Å². The Morgan fingerprint density at radius 2 is 1.54 bits per heavy atom. The molecule has 4 heteroatoms. The van der Waals surface area contributed by atoms with Gasteiger partial charge in [0.05, 0.1) is 5.97 Å². The molecule has 0 N–H and O–H groups in total. The molecule has 1 aliphatic carbocycles. The van der Waals surface area contributed by atoms with Crippen molar-refractivity contribution in [3.63, 3.8) is 0 Å². The van der Waals surface area contributed by atoms with Gasteiger partial charge in [-0.15, -0.1) is 0 Å². The fourth-order valence-corrected chi connectivity index (χ4v) is 2.96. The minimum atomic E-state index is -0.941. The van der Waals surface area contributed by atoms with E-state index in [9.17, 15) is 9.90 Å². The maximum Gasteiger partial charge on any atom is 2.00 e. The summed E-state index contributed by atoms with van der Waals surface area (Å²) in [4.78, 5) is 12.8. The summed E-state index contributed by atoms with van der Waals surface area (Å²) in [5.41, 5.74) is 1.16. The SMILES string of the molecule is C1=C\CC/C=C\CC/1.O=C([O-])[C@@H]1CCCN1Cc1ccccc1.[Rh+2]. The van der Waals surface area contributed by atoms with Gasteiger partial charge in [-0.3, -0.25) is 4.90 Å². The summed E-state index contributed by atoms with van der Waals surface area (Å²) in [5, 5.41) is 10.8. The maximum absolute atomic E-state index is 10.8. The molecule has 2 aliphatic rings. The number of carbonyl (C=O) groups is 1. The molecule has 0 bridgehead atoms. The van der Waals surface area contributed by atoms with Crippen molar-refractivity contribution in [2.45, 2.75) is 51.1 Å². The first-order valence-corrected chi connectivity index (χ1v) is 8.56. The summed E-state index contributed by atoms with van der Waals surface area (Å²) in [5.74, 6) is -0.941. The minimum absolute atomic E-state index is 0. The molecule has 1 fully saturated rings. The van der Waals surface area contributed by atoms with Crippen molar-refractivity contribution < 1.29 is 29.4 Å². The van der Waals surface area contributed by atoms with E-state index in [1.165, 1.54) is 25.7 Å². The Morgan fingerprint density at radius 1 is 1.00 bits per heavy atom. The van der Waals surface area contributed by atoms with Crippen LogP contribution in [0.5, 0.6) is 0 Å². The number of allylic oxidation sites excluding steroid dienone is 4. The molecule has 24 heavy (non-hydrogen) atoms. The van der Waals surface area contributed by atoms with E-state index < -0.39 is 12.0 Å². The molecule has 3 nitrogen and oxygen atoms in total. The number of hydrogen-bond donors (Lipinski definition) is 0. The Hall–Kier alpha value is -1.25. The summed E-state index contributed by atoms with van der Waals surface area (Å²) in [6.07, 6.45) is 15.7. The number of carboxylic acid groups (broad SMARTS) is 1. The largest absolute Gasteiger partial charge is 2.00 e. The molecular formula is C20H26NO2Rh+. The van der Waals surface area contributed by atoms with Gasteiger partial charge in [0.2, 0.25) is 0 Å². The van der Waals surface area contributed by atoms with E-state index in [0.29, 0.717) is 6.54 Å². The van der Waals surface area contributed by atoms with Crippen LogP contribution in [0.4, 0.5) is 0 Å². The zero-order valence-electron chi connectivity index (χ0n) is 14.0. The van der Waals surface area contributed by atoms with Crippen LogP contribution in [0.15, 0.2) is 54.6 Å². The fraction of sp³-hybridized carbons (Fsp3) is 0.450. The van der Waals surface area contributed by atoms with Gasteiger partial charge in [-0.05, 0) is 50.6 Å². The number of benzene rings is 1. The summed E-state index contributed by atoms with van der Waals surface area (Å²) in [6.45, 7) is 1.56. The molecule has 0 unspecified atom stereocenters. The average Bonchev–Trinajstić information content (AvgIpc) is 2.96. The molecule has 1 aromatic rings. The van der Waals surface area contributed by atoms with Gasteiger partial charge >= 0.3 is 19.5 Å². The van der Waals surface area contributed by atoms with E-state index in [2.05, 4.69) is 24.3 Å². The molecule has 1 aromatic carbocycles. The van der Waals surface area contributed by atoms with Gasteiger partial charge in [-0.2, -0.15) is 0 Å². The van der Waals surface area contributed by atoms with Gasteiger partial charge in [0, 0.05) is 12.6 Å². The monoisotopic (exact) mass is 415 g/mol. The van der Waals surface area contributed by atoms with Crippen LogP contribution < -0.4 is 5.11 Å². The Bertz CT molecular complexity index is 502. The van der Waals surface area contributed by atoms with Crippen molar-refractivity contribution in [3.8, 4) is 0 Å². The molecule has 131 valence electrons. The van der Waals surface area contributed by atoms with Crippen LogP contribution in [0, 0.1) is 0 Å². The zero-order valence-corrected chi connectivity index (χ0v) is 15.7. The molecule has 0 amide bonds. The van der Waals surface area contributed by atoms with Crippen molar-refractivity contribution in [1.29, 1.82) is 0 Å². The second-order valence-corrected chi connectivity index (χ2v) is 6.03. The molecule has 1 radical (unpaired) electrons. The molecule has 1 heterocycles. The number of hydrogen-bond acceptors (Lipinski definition) is 3. The summed E-state index contributed by atoms with van der Waals surface area (Å²) in [7, 11) is 0. The summed E-state index contributed by atoms with van der Waals surface area (Å²) < 4.78 is 0. The number of nitrogens with zero attached hydrogens (tertiary/aromatic N) is 1. The third-order valence-corrected chi connectivity index (χ3v) is 4.20. The topological polar surface area (TPSA) is 43.4 Å². The van der Waals surface area contributed by atoms with Gasteiger partial charge in [0.1, 0.15) is 0 Å². The van der Waals surface area contributed by atoms with E-state index in [1.54, 1.807) is 0 Å². The molecule has 1 atom stereocenters. The van der Waals surface area contributed by atoms with Gasteiger partial charge in [0.25, 0.3) is 0 Å². The smallest absolute Gasteiger partial charge is 0.548 e. The van der Waals surface area contributed by atoms with Gasteiger partial charge in [-0.25, -0.2) is 0 Å². The zero-order chi connectivity index (χ0) is 16.3. The van der Waals surface area contributed by atoms with Crippen LogP contribution in [0.2, 0.25) is 0 Å². The average molecular weight is 415 g/mol. The van der Waals surface area contributed by atoms with E-state index in [4.69, 9.17) is 0 Å². The first-order valence-electron chi connectivity index (χ1n) is 8.56. The third-order valence-electron chi connectivity index (χ3n) is 4.20. The third kappa shape index (κ3) is 7.55. The quantitative estimate of drug-likeness (QED) is 0.563. The van der Waals surface area contributed by atoms with E-state index in [-0.39, 0.29) is 19.5 Å². The first-order chi connectivity index (χ1) is 11.3. The van der Waals surface area contributed by atoms with E-state index in [1.807, 2.05) is 35.2 Å². The Morgan fingerprint density at radius 3 is 2.04 bits per heavy atom. The molecule has 0 spiro atoms. The second kappa shape index (κ2) is 12.2. The van der Waals surface area contributed by atoms with Crippen molar-refractivity contribution in [2.24, 2.45) is 0 Å². The molecule has 1 saturated heterocycles. The number of aliphatic carboxylic acids is 1. The molecule has 1 aliphatic heterocycles. The molecule has 0 aromatic heterocycles.